The zero-order valence-corrected chi connectivity index (χ0v) is 19.8. The number of carboxylic acids is 1. The molecule has 184 valence electrons. The Hall–Kier alpha value is -3.35. The van der Waals surface area contributed by atoms with E-state index in [1.807, 2.05) is 29.2 Å². The van der Waals surface area contributed by atoms with Crippen LogP contribution in [0.25, 0.3) is 11.1 Å². The van der Waals surface area contributed by atoms with Crippen molar-refractivity contribution in [2.75, 3.05) is 19.7 Å². The van der Waals surface area contributed by atoms with Crippen molar-refractivity contribution in [3.05, 3.63) is 59.7 Å². The SMILES string of the molecule is O=C(O)CCC1CN(C(=O)[C@H]2CCCC[C@H]2NC(=O)OCC2c3ccccc3-c3ccccc32)C1. The summed E-state index contributed by atoms with van der Waals surface area (Å²) in [5.41, 5.74) is 4.71. The second kappa shape index (κ2) is 10.1. The number of ether oxygens (including phenoxy) is 1. The van der Waals surface area contributed by atoms with E-state index >= 15 is 0 Å². The summed E-state index contributed by atoms with van der Waals surface area (Å²) in [6.45, 7) is 1.48. The van der Waals surface area contributed by atoms with Crippen LogP contribution >= 0.6 is 0 Å². The average molecular weight is 477 g/mol. The van der Waals surface area contributed by atoms with Gasteiger partial charge in [0.2, 0.25) is 5.91 Å². The lowest BCUT2D eigenvalue weighted by Crippen LogP contribution is -2.56. The highest BCUT2D eigenvalue weighted by atomic mass is 16.5. The van der Waals surface area contributed by atoms with Gasteiger partial charge in [-0.1, -0.05) is 61.4 Å². The third-order valence-electron chi connectivity index (χ3n) is 7.77. The van der Waals surface area contributed by atoms with Crippen molar-refractivity contribution in [3.8, 4) is 11.1 Å². The topological polar surface area (TPSA) is 95.9 Å². The summed E-state index contributed by atoms with van der Waals surface area (Å²) < 4.78 is 5.71. The molecule has 5 rings (SSSR count). The van der Waals surface area contributed by atoms with Crippen molar-refractivity contribution in [1.29, 1.82) is 0 Å². The Morgan fingerprint density at radius 3 is 2.23 bits per heavy atom. The van der Waals surface area contributed by atoms with Crippen LogP contribution in [-0.2, 0) is 14.3 Å². The highest BCUT2D eigenvalue weighted by Crippen LogP contribution is 2.44. The Kier molecular flexibility index (Phi) is 6.75. The van der Waals surface area contributed by atoms with Crippen LogP contribution in [0.4, 0.5) is 4.79 Å². The number of hydrogen-bond donors (Lipinski definition) is 2. The summed E-state index contributed by atoms with van der Waals surface area (Å²) in [6.07, 6.45) is 3.72. The van der Waals surface area contributed by atoms with Crippen LogP contribution in [0.1, 0.15) is 55.6 Å². The lowest BCUT2D eigenvalue weighted by Gasteiger charge is -2.43. The molecule has 1 saturated heterocycles. The fourth-order valence-electron chi connectivity index (χ4n) is 5.89. The lowest BCUT2D eigenvalue weighted by atomic mass is 9.82. The van der Waals surface area contributed by atoms with Gasteiger partial charge >= 0.3 is 12.1 Å². The molecule has 1 saturated carbocycles. The van der Waals surface area contributed by atoms with E-state index in [4.69, 9.17) is 9.84 Å². The van der Waals surface area contributed by atoms with Crippen LogP contribution in [0.15, 0.2) is 48.5 Å². The number of carboxylic acid groups (broad SMARTS) is 1. The van der Waals surface area contributed by atoms with Crippen LogP contribution in [0.3, 0.4) is 0 Å². The molecule has 2 amide bonds. The molecule has 2 aromatic rings. The van der Waals surface area contributed by atoms with Crippen molar-refractivity contribution in [2.24, 2.45) is 11.8 Å². The molecular formula is C28H32N2O5. The van der Waals surface area contributed by atoms with Crippen LogP contribution < -0.4 is 5.32 Å². The van der Waals surface area contributed by atoms with Gasteiger partial charge in [0.1, 0.15) is 6.61 Å². The molecule has 2 fully saturated rings. The van der Waals surface area contributed by atoms with E-state index in [2.05, 4.69) is 29.6 Å². The summed E-state index contributed by atoms with van der Waals surface area (Å²) in [4.78, 5) is 38.5. The number of benzene rings is 2. The van der Waals surface area contributed by atoms with Gasteiger partial charge in [0.25, 0.3) is 0 Å². The maximum Gasteiger partial charge on any atom is 0.407 e. The normalized spacial score (nSPS) is 21.5. The van der Waals surface area contributed by atoms with E-state index in [1.165, 1.54) is 22.3 Å². The third-order valence-corrected chi connectivity index (χ3v) is 7.77. The quantitative estimate of drug-likeness (QED) is 0.617. The molecule has 0 unspecified atom stereocenters. The Morgan fingerprint density at radius 1 is 0.943 bits per heavy atom. The van der Waals surface area contributed by atoms with Crippen molar-refractivity contribution in [3.63, 3.8) is 0 Å². The van der Waals surface area contributed by atoms with E-state index in [1.54, 1.807) is 0 Å². The van der Waals surface area contributed by atoms with Crippen LogP contribution in [0, 0.1) is 11.8 Å². The second-order valence-corrected chi connectivity index (χ2v) is 10.0. The summed E-state index contributed by atoms with van der Waals surface area (Å²) in [7, 11) is 0. The number of likely N-dealkylation sites (tertiary alicyclic amines) is 1. The molecule has 3 aliphatic rings. The van der Waals surface area contributed by atoms with E-state index < -0.39 is 12.1 Å². The molecule has 0 bridgehead atoms. The Labute approximate surface area is 205 Å². The predicted molar refractivity (Wildman–Crippen MR) is 131 cm³/mol. The molecular weight excluding hydrogens is 444 g/mol. The molecule has 2 atom stereocenters. The highest BCUT2D eigenvalue weighted by Gasteiger charge is 2.39. The molecule has 7 heteroatoms. The van der Waals surface area contributed by atoms with Crippen molar-refractivity contribution in [1.82, 2.24) is 10.2 Å². The number of carbonyl (C=O) groups is 3. The van der Waals surface area contributed by atoms with Gasteiger partial charge in [-0.05, 0) is 47.4 Å². The number of rotatable bonds is 7. The van der Waals surface area contributed by atoms with Crippen LogP contribution in [0.2, 0.25) is 0 Å². The number of aliphatic carboxylic acids is 1. The maximum absolute atomic E-state index is 13.1. The van der Waals surface area contributed by atoms with Crippen molar-refractivity contribution >= 4 is 18.0 Å². The maximum atomic E-state index is 13.1. The number of fused-ring (bicyclic) bond motifs is 3. The predicted octanol–water partition coefficient (Wildman–Crippen LogP) is 4.41. The number of nitrogens with zero attached hydrogens (tertiary/aromatic N) is 1. The summed E-state index contributed by atoms with van der Waals surface area (Å²) >= 11 is 0. The Morgan fingerprint density at radius 2 is 1.57 bits per heavy atom. The second-order valence-electron chi connectivity index (χ2n) is 10.0. The van der Waals surface area contributed by atoms with Crippen molar-refractivity contribution < 1.29 is 24.2 Å². The van der Waals surface area contributed by atoms with Gasteiger partial charge in [-0.3, -0.25) is 9.59 Å². The zero-order valence-electron chi connectivity index (χ0n) is 19.8. The summed E-state index contributed by atoms with van der Waals surface area (Å²) in [5.74, 6) is -0.716. The van der Waals surface area contributed by atoms with Crippen molar-refractivity contribution in [2.45, 2.75) is 50.5 Å². The highest BCUT2D eigenvalue weighted by molar-refractivity contribution is 5.82. The molecule has 2 aliphatic carbocycles. The molecule has 1 aliphatic heterocycles. The van der Waals surface area contributed by atoms with E-state index in [-0.39, 0.29) is 42.7 Å². The smallest absolute Gasteiger partial charge is 0.407 e. The monoisotopic (exact) mass is 476 g/mol. The average Bonchev–Trinajstić information content (AvgIpc) is 3.15. The molecule has 2 N–H and O–H groups in total. The first kappa shape index (κ1) is 23.4. The number of amides is 2. The molecule has 35 heavy (non-hydrogen) atoms. The third kappa shape index (κ3) is 4.90. The first-order valence-electron chi connectivity index (χ1n) is 12.6. The standard InChI is InChI=1S/C28H32N2O5/c31-26(32)14-13-18-15-30(16-18)27(33)23-11-5-6-12-25(23)29-28(34)35-17-24-21-9-3-1-7-19(21)20-8-2-4-10-22(20)24/h1-4,7-10,18,23-25H,5-6,11-17H2,(H,29,34)(H,31,32)/t23-,25+/m0/s1. The molecule has 2 aromatic carbocycles. The van der Waals surface area contributed by atoms with Gasteiger partial charge in [0.05, 0.1) is 5.92 Å². The van der Waals surface area contributed by atoms with E-state index in [0.29, 0.717) is 19.5 Å². The largest absolute Gasteiger partial charge is 0.481 e. The van der Waals surface area contributed by atoms with Crippen LogP contribution in [-0.4, -0.2) is 53.7 Å². The minimum Gasteiger partial charge on any atom is -0.481 e. The van der Waals surface area contributed by atoms with E-state index in [9.17, 15) is 14.4 Å². The number of hydrogen-bond acceptors (Lipinski definition) is 4. The number of nitrogens with one attached hydrogen (secondary N) is 1. The molecule has 7 nitrogen and oxygen atoms in total. The van der Waals surface area contributed by atoms with Crippen LogP contribution in [0.5, 0.6) is 0 Å². The molecule has 0 radical (unpaired) electrons. The number of carbonyl (C=O) groups excluding carboxylic acids is 2. The minimum atomic E-state index is -0.797. The van der Waals surface area contributed by atoms with Gasteiger partial charge in [0.15, 0.2) is 0 Å². The molecule has 0 spiro atoms. The van der Waals surface area contributed by atoms with Gasteiger partial charge in [-0.25, -0.2) is 4.79 Å². The summed E-state index contributed by atoms with van der Waals surface area (Å²) in [6, 6.07) is 16.2. The van der Waals surface area contributed by atoms with Gasteiger partial charge in [-0.2, -0.15) is 0 Å². The molecule has 0 aromatic heterocycles. The summed E-state index contributed by atoms with van der Waals surface area (Å²) in [5, 5.41) is 11.8. The van der Waals surface area contributed by atoms with Gasteiger partial charge < -0.3 is 20.1 Å². The van der Waals surface area contributed by atoms with E-state index in [0.717, 1.165) is 25.7 Å². The molecule has 1 heterocycles. The fourth-order valence-corrected chi connectivity index (χ4v) is 5.89. The Bertz CT molecular complexity index is 1060. The van der Waals surface area contributed by atoms with Gasteiger partial charge in [0, 0.05) is 31.5 Å². The minimum absolute atomic E-state index is 0.000702. The fraction of sp³-hybridized carbons (Fsp3) is 0.464. The number of alkyl carbamates (subject to hydrolysis) is 1. The first-order valence-corrected chi connectivity index (χ1v) is 12.6. The van der Waals surface area contributed by atoms with Gasteiger partial charge in [-0.15, -0.1) is 0 Å². The zero-order chi connectivity index (χ0) is 24.4. The lowest BCUT2D eigenvalue weighted by molar-refractivity contribution is -0.144. The first-order chi connectivity index (χ1) is 17.0. The Balaban J connectivity index is 1.17.